The predicted molar refractivity (Wildman–Crippen MR) is 143 cm³/mol. The normalized spacial score (nSPS) is 51.9. The van der Waals surface area contributed by atoms with Gasteiger partial charge in [0, 0.05) is 6.92 Å². The fourth-order valence-corrected chi connectivity index (χ4v) is 5.81. The molecule has 0 aromatic heterocycles. The fourth-order valence-electron chi connectivity index (χ4n) is 5.81. The average molecular weight is 676 g/mol. The summed E-state index contributed by atoms with van der Waals surface area (Å²) in [4.78, 5) is 12.2. The first kappa shape index (κ1) is 37.6. The number of carbonyl (C=O) groups excluding carboxylic acids is 1. The Morgan fingerprint density at radius 1 is 0.565 bits per heavy atom. The van der Waals surface area contributed by atoms with Crippen molar-refractivity contribution in [2.24, 2.45) is 0 Å². The molecule has 4 heterocycles. The third kappa shape index (κ3) is 7.64. The molecule has 0 aromatic carbocycles. The Labute approximate surface area is 262 Å². The maximum atomic E-state index is 12.2. The molecule has 4 rings (SSSR count). The quantitative estimate of drug-likeness (QED) is 0.108. The molecule has 0 saturated carbocycles. The topological polar surface area (TPSA) is 316 Å². The molecular formula is C26H45NO19. The molecular weight excluding hydrogens is 630 g/mol. The van der Waals surface area contributed by atoms with Gasteiger partial charge in [0.25, 0.3) is 0 Å². The molecule has 20 atom stereocenters. The van der Waals surface area contributed by atoms with Crippen molar-refractivity contribution in [1.29, 1.82) is 0 Å². The minimum atomic E-state index is -1.93. The second kappa shape index (κ2) is 15.5. The van der Waals surface area contributed by atoms with Crippen LogP contribution in [0.15, 0.2) is 0 Å². The molecule has 12 N–H and O–H groups in total. The number of ether oxygens (including phenoxy) is 7. The fraction of sp³-hybridized carbons (Fsp3) is 0.962. The molecule has 20 heteroatoms. The third-order valence-corrected chi connectivity index (χ3v) is 8.53. The molecule has 46 heavy (non-hydrogen) atoms. The van der Waals surface area contributed by atoms with Gasteiger partial charge in [0.15, 0.2) is 25.2 Å². The molecule has 4 aliphatic rings. The number of rotatable bonds is 9. The van der Waals surface area contributed by atoms with Gasteiger partial charge in [0.1, 0.15) is 85.4 Å². The molecule has 4 aliphatic heterocycles. The second-order valence-electron chi connectivity index (χ2n) is 11.8. The predicted octanol–water partition coefficient (Wildman–Crippen LogP) is -7.55. The van der Waals surface area contributed by atoms with Crippen LogP contribution in [0.5, 0.6) is 0 Å². The van der Waals surface area contributed by atoms with Crippen molar-refractivity contribution in [2.75, 3.05) is 13.2 Å². The van der Waals surface area contributed by atoms with E-state index < -0.39 is 142 Å². The minimum absolute atomic E-state index is 0.704. The van der Waals surface area contributed by atoms with E-state index in [1.54, 1.807) is 0 Å². The monoisotopic (exact) mass is 675 g/mol. The number of aliphatic hydroxyl groups excluding tert-OH is 11. The summed E-state index contributed by atoms with van der Waals surface area (Å²) >= 11 is 0. The lowest BCUT2D eigenvalue weighted by Crippen LogP contribution is -2.70. The Kier molecular flexibility index (Phi) is 12.7. The first-order valence-electron chi connectivity index (χ1n) is 14.8. The molecule has 20 nitrogen and oxygen atoms in total. The van der Waals surface area contributed by atoms with Crippen molar-refractivity contribution in [3.8, 4) is 0 Å². The maximum Gasteiger partial charge on any atom is 0.217 e. The lowest BCUT2D eigenvalue weighted by Gasteiger charge is -2.50. The van der Waals surface area contributed by atoms with Crippen LogP contribution in [0.4, 0.5) is 0 Å². The summed E-state index contributed by atoms with van der Waals surface area (Å²) in [5, 5.41) is 117. The van der Waals surface area contributed by atoms with E-state index in [0.29, 0.717) is 0 Å². The molecule has 5 unspecified atom stereocenters. The van der Waals surface area contributed by atoms with Crippen LogP contribution in [0, 0.1) is 0 Å². The smallest absolute Gasteiger partial charge is 0.217 e. The maximum absolute atomic E-state index is 12.2. The number of carbonyl (C=O) groups is 1. The zero-order valence-corrected chi connectivity index (χ0v) is 25.1. The molecule has 4 fully saturated rings. The van der Waals surface area contributed by atoms with E-state index >= 15 is 0 Å². The highest BCUT2D eigenvalue weighted by atomic mass is 16.8. The lowest BCUT2D eigenvalue weighted by atomic mass is 9.94. The SMILES string of the molecule is CC(=O)NC1C(O)OC(CO)C(O[C@@H]2O[C@@H](C)[C@@H](O)[C@@H](O)[C@@H]2O)C1O[C@@H]1O[C@H](CO)[C@H](O)[C@H](O)[C@H]1O[C@@H]1O[C@@H](C)[C@@H](O)[C@@H](O)[C@@H]1O. The molecule has 0 aliphatic carbocycles. The van der Waals surface area contributed by atoms with Crippen LogP contribution in [-0.4, -0.2) is 198 Å². The van der Waals surface area contributed by atoms with E-state index in [1.807, 2.05) is 0 Å². The van der Waals surface area contributed by atoms with Crippen molar-refractivity contribution in [1.82, 2.24) is 5.32 Å². The van der Waals surface area contributed by atoms with Crippen LogP contribution in [0.2, 0.25) is 0 Å². The Bertz CT molecular complexity index is 997. The van der Waals surface area contributed by atoms with Gasteiger partial charge < -0.3 is 94.6 Å². The number of amides is 1. The van der Waals surface area contributed by atoms with Crippen LogP contribution >= 0.6 is 0 Å². The first-order chi connectivity index (χ1) is 21.6. The van der Waals surface area contributed by atoms with Gasteiger partial charge in [-0.05, 0) is 13.8 Å². The van der Waals surface area contributed by atoms with Crippen LogP contribution in [0.1, 0.15) is 20.8 Å². The van der Waals surface area contributed by atoms with Crippen molar-refractivity contribution >= 4 is 5.91 Å². The molecule has 268 valence electrons. The number of hydrogen-bond acceptors (Lipinski definition) is 19. The standard InChI is InChI=1S/C26H45NO19/c1-6-12(31)15(34)18(37)24(40-6)44-20-10(5-29)42-23(39)11(27-8(3)30)21(20)45-26-22(17(36)14(33)9(4-28)43-26)46-25-19(38)16(35)13(32)7(2)41-25/h6-7,9-26,28-29,31-39H,4-5H2,1-3H3,(H,27,30)/t6-,7-,9+,10?,11?,12+,13+,14-,15+,16+,17-,18-,19-,20?,21?,22+,23?,24-,25-,26-/m0/s1. The average Bonchev–Trinajstić information content (AvgIpc) is 3.01. The number of nitrogens with one attached hydrogen (secondary N) is 1. The van der Waals surface area contributed by atoms with Crippen LogP contribution < -0.4 is 5.32 Å². The van der Waals surface area contributed by atoms with E-state index in [4.69, 9.17) is 33.2 Å². The summed E-state index contributed by atoms with van der Waals surface area (Å²) in [6.07, 6.45) is -31.2. The molecule has 4 saturated heterocycles. The molecule has 1 amide bonds. The Morgan fingerprint density at radius 2 is 1.04 bits per heavy atom. The summed E-state index contributed by atoms with van der Waals surface area (Å²) in [6, 6.07) is -1.53. The Morgan fingerprint density at radius 3 is 1.52 bits per heavy atom. The third-order valence-electron chi connectivity index (χ3n) is 8.53. The van der Waals surface area contributed by atoms with Crippen molar-refractivity contribution < 1.29 is 94.1 Å². The van der Waals surface area contributed by atoms with Gasteiger partial charge in [-0.25, -0.2) is 0 Å². The highest BCUT2D eigenvalue weighted by molar-refractivity contribution is 5.73. The molecule has 0 aromatic rings. The van der Waals surface area contributed by atoms with E-state index in [0.717, 1.165) is 6.92 Å². The summed E-state index contributed by atoms with van der Waals surface area (Å²) in [6.45, 7) is 2.15. The van der Waals surface area contributed by atoms with Crippen molar-refractivity contribution in [3.05, 3.63) is 0 Å². The highest BCUT2D eigenvalue weighted by Gasteiger charge is 2.56. The van der Waals surface area contributed by atoms with E-state index in [1.165, 1.54) is 13.8 Å². The molecule has 0 radical (unpaired) electrons. The van der Waals surface area contributed by atoms with Gasteiger partial charge in [0.05, 0.1) is 25.4 Å². The van der Waals surface area contributed by atoms with Crippen LogP contribution in [0.25, 0.3) is 0 Å². The van der Waals surface area contributed by atoms with Crippen molar-refractivity contribution in [3.63, 3.8) is 0 Å². The van der Waals surface area contributed by atoms with E-state index in [-0.39, 0.29) is 0 Å². The summed E-state index contributed by atoms with van der Waals surface area (Å²) in [5.41, 5.74) is 0. The lowest BCUT2D eigenvalue weighted by molar-refractivity contribution is -0.390. The first-order valence-corrected chi connectivity index (χ1v) is 14.8. The highest BCUT2D eigenvalue weighted by Crippen LogP contribution is 2.35. The van der Waals surface area contributed by atoms with E-state index in [9.17, 15) is 61.0 Å². The van der Waals surface area contributed by atoms with Gasteiger partial charge in [-0.15, -0.1) is 0 Å². The number of hydrogen-bond donors (Lipinski definition) is 12. The zero-order chi connectivity index (χ0) is 34.2. The number of aliphatic hydroxyl groups is 11. The van der Waals surface area contributed by atoms with E-state index in [2.05, 4.69) is 5.32 Å². The van der Waals surface area contributed by atoms with Gasteiger partial charge >= 0.3 is 0 Å². The molecule has 0 spiro atoms. The van der Waals surface area contributed by atoms with Crippen LogP contribution in [-0.2, 0) is 38.0 Å². The Hall–Kier alpha value is -1.25. The van der Waals surface area contributed by atoms with Gasteiger partial charge in [-0.3, -0.25) is 4.79 Å². The largest absolute Gasteiger partial charge is 0.394 e. The second-order valence-corrected chi connectivity index (χ2v) is 11.8. The molecule has 0 bridgehead atoms. The summed E-state index contributed by atoms with van der Waals surface area (Å²) in [5.74, 6) is -0.704. The van der Waals surface area contributed by atoms with Crippen molar-refractivity contribution in [2.45, 2.75) is 144 Å². The van der Waals surface area contributed by atoms with Gasteiger partial charge in [-0.1, -0.05) is 0 Å². The zero-order valence-electron chi connectivity index (χ0n) is 25.1. The summed E-state index contributed by atoms with van der Waals surface area (Å²) in [7, 11) is 0. The van der Waals surface area contributed by atoms with Crippen LogP contribution in [0.3, 0.4) is 0 Å². The van der Waals surface area contributed by atoms with Gasteiger partial charge in [-0.2, -0.15) is 0 Å². The Balaban J connectivity index is 1.69. The minimum Gasteiger partial charge on any atom is -0.394 e. The van der Waals surface area contributed by atoms with Gasteiger partial charge in [0.2, 0.25) is 5.91 Å². The summed E-state index contributed by atoms with van der Waals surface area (Å²) < 4.78 is 39.8.